The minimum atomic E-state index is -0.168. The second-order valence-electron chi connectivity index (χ2n) is 7.48. The first-order chi connectivity index (χ1) is 13.6. The molecule has 2 rings (SSSR count). The lowest BCUT2D eigenvalue weighted by Gasteiger charge is -2.24. The van der Waals surface area contributed by atoms with Crippen LogP contribution in [0.3, 0.4) is 0 Å². The Hall–Kier alpha value is -2.17. The molecular weight excluding hydrogens is 346 g/mol. The van der Waals surface area contributed by atoms with Crippen LogP contribution in [0, 0.1) is 0 Å². The summed E-state index contributed by atoms with van der Waals surface area (Å²) in [6.07, 6.45) is 2.94. The number of nitrogens with one attached hydrogen (secondary N) is 3. The molecule has 4 nitrogen and oxygen atoms in total. The summed E-state index contributed by atoms with van der Waals surface area (Å²) in [4.78, 5) is 13.1. The maximum Gasteiger partial charge on any atom is 0.237 e. The van der Waals surface area contributed by atoms with E-state index in [2.05, 4.69) is 54.1 Å². The van der Waals surface area contributed by atoms with Gasteiger partial charge in [0.25, 0.3) is 0 Å². The fraction of sp³-hybridized carbons (Fsp3) is 0.458. The standard InChI is InChI=1S/C24H35N3O/c1-4-25-22(17-11-12-18-26-19(2)3)24(28)27-23(20-13-7-5-8-14-20)21-15-9-6-10-16-21/h5-10,13-16,19,22-23,25-26H,4,11-12,17-18H2,1-3H3,(H,27,28). The molecule has 0 spiro atoms. The van der Waals surface area contributed by atoms with Gasteiger partial charge in [0.05, 0.1) is 12.1 Å². The summed E-state index contributed by atoms with van der Waals surface area (Å²) in [6.45, 7) is 8.13. The van der Waals surface area contributed by atoms with E-state index in [9.17, 15) is 4.79 Å². The zero-order chi connectivity index (χ0) is 20.2. The van der Waals surface area contributed by atoms with E-state index in [1.807, 2.05) is 43.3 Å². The van der Waals surface area contributed by atoms with Crippen molar-refractivity contribution in [3.8, 4) is 0 Å². The average molecular weight is 382 g/mol. The smallest absolute Gasteiger partial charge is 0.237 e. The number of hydrogen-bond acceptors (Lipinski definition) is 3. The van der Waals surface area contributed by atoms with E-state index in [4.69, 9.17) is 0 Å². The third kappa shape index (κ3) is 7.45. The van der Waals surface area contributed by atoms with Crippen LogP contribution in [0.5, 0.6) is 0 Å². The lowest BCUT2D eigenvalue weighted by molar-refractivity contribution is -0.123. The van der Waals surface area contributed by atoms with E-state index < -0.39 is 0 Å². The van der Waals surface area contributed by atoms with E-state index in [-0.39, 0.29) is 18.0 Å². The van der Waals surface area contributed by atoms with Crippen LogP contribution in [0.1, 0.15) is 57.2 Å². The molecule has 1 atom stereocenters. The zero-order valence-electron chi connectivity index (χ0n) is 17.4. The van der Waals surface area contributed by atoms with Crippen LogP contribution in [0.4, 0.5) is 0 Å². The molecule has 2 aromatic rings. The van der Waals surface area contributed by atoms with Gasteiger partial charge in [0.15, 0.2) is 0 Å². The van der Waals surface area contributed by atoms with Gasteiger partial charge in [-0.1, -0.05) is 87.9 Å². The molecule has 1 amide bonds. The lowest BCUT2D eigenvalue weighted by Crippen LogP contribution is -2.45. The van der Waals surface area contributed by atoms with Gasteiger partial charge in [-0.15, -0.1) is 0 Å². The van der Waals surface area contributed by atoms with Gasteiger partial charge in [0.2, 0.25) is 5.91 Å². The normalized spacial score (nSPS) is 12.3. The predicted octanol–water partition coefficient (Wildman–Crippen LogP) is 4.04. The van der Waals surface area contributed by atoms with Crippen molar-refractivity contribution in [1.82, 2.24) is 16.0 Å². The summed E-state index contributed by atoms with van der Waals surface area (Å²) in [6, 6.07) is 20.5. The summed E-state index contributed by atoms with van der Waals surface area (Å²) < 4.78 is 0. The molecule has 0 aliphatic heterocycles. The highest BCUT2D eigenvalue weighted by atomic mass is 16.2. The molecule has 0 aromatic heterocycles. The van der Waals surface area contributed by atoms with Crippen LogP contribution >= 0.6 is 0 Å². The molecule has 0 bridgehead atoms. The van der Waals surface area contributed by atoms with Crippen molar-refractivity contribution < 1.29 is 4.79 Å². The molecule has 0 radical (unpaired) electrons. The number of carbonyl (C=O) groups excluding carboxylic acids is 1. The van der Waals surface area contributed by atoms with Gasteiger partial charge < -0.3 is 16.0 Å². The van der Waals surface area contributed by atoms with E-state index >= 15 is 0 Å². The summed E-state index contributed by atoms with van der Waals surface area (Å²) >= 11 is 0. The number of benzene rings is 2. The molecule has 0 saturated carbocycles. The third-order valence-corrected chi connectivity index (χ3v) is 4.79. The van der Waals surface area contributed by atoms with Gasteiger partial charge in [0.1, 0.15) is 0 Å². The molecule has 1 unspecified atom stereocenters. The highest BCUT2D eigenvalue weighted by molar-refractivity contribution is 5.82. The van der Waals surface area contributed by atoms with Crippen LogP contribution in [0.15, 0.2) is 60.7 Å². The van der Waals surface area contributed by atoms with Gasteiger partial charge in [-0.2, -0.15) is 0 Å². The SMILES string of the molecule is CCNC(CCCCNC(C)C)C(=O)NC(c1ccccc1)c1ccccc1. The first-order valence-corrected chi connectivity index (χ1v) is 10.5. The second-order valence-corrected chi connectivity index (χ2v) is 7.48. The van der Waals surface area contributed by atoms with Crippen LogP contribution in [-0.4, -0.2) is 31.1 Å². The van der Waals surface area contributed by atoms with Crippen molar-refractivity contribution >= 4 is 5.91 Å². The van der Waals surface area contributed by atoms with Crippen LogP contribution < -0.4 is 16.0 Å². The zero-order valence-corrected chi connectivity index (χ0v) is 17.4. The fourth-order valence-electron chi connectivity index (χ4n) is 3.33. The first kappa shape index (κ1) is 22.1. The highest BCUT2D eigenvalue weighted by Gasteiger charge is 2.22. The monoisotopic (exact) mass is 381 g/mol. The van der Waals surface area contributed by atoms with Crippen molar-refractivity contribution in [1.29, 1.82) is 0 Å². The molecule has 4 heteroatoms. The molecule has 0 saturated heterocycles. The highest BCUT2D eigenvalue weighted by Crippen LogP contribution is 2.22. The molecule has 0 aliphatic rings. The number of unbranched alkanes of at least 4 members (excludes halogenated alkanes) is 1. The summed E-state index contributed by atoms with van der Waals surface area (Å²) in [5, 5.41) is 10.1. The number of rotatable bonds is 12. The van der Waals surface area contributed by atoms with Gasteiger partial charge in [0, 0.05) is 6.04 Å². The van der Waals surface area contributed by atoms with E-state index in [0.717, 1.165) is 43.5 Å². The van der Waals surface area contributed by atoms with Gasteiger partial charge in [-0.05, 0) is 37.1 Å². The van der Waals surface area contributed by atoms with E-state index in [1.165, 1.54) is 0 Å². The second kappa shape index (κ2) is 12.3. The minimum Gasteiger partial charge on any atom is -0.344 e. The summed E-state index contributed by atoms with van der Waals surface area (Å²) in [7, 11) is 0. The Kier molecular flexibility index (Phi) is 9.73. The molecule has 152 valence electrons. The number of hydrogen-bond donors (Lipinski definition) is 3. The molecule has 3 N–H and O–H groups in total. The molecule has 0 aliphatic carbocycles. The van der Waals surface area contributed by atoms with Gasteiger partial charge >= 0.3 is 0 Å². The molecule has 0 heterocycles. The molecule has 0 fully saturated rings. The largest absolute Gasteiger partial charge is 0.344 e. The quantitative estimate of drug-likeness (QED) is 0.486. The number of carbonyl (C=O) groups is 1. The Balaban J connectivity index is 2.03. The maximum absolute atomic E-state index is 13.1. The lowest BCUT2D eigenvalue weighted by atomic mass is 9.98. The Morgan fingerprint density at radius 1 is 0.857 bits per heavy atom. The summed E-state index contributed by atoms with van der Waals surface area (Å²) in [5.74, 6) is 0.0661. The van der Waals surface area contributed by atoms with Gasteiger partial charge in [-0.25, -0.2) is 0 Å². The topological polar surface area (TPSA) is 53.2 Å². The third-order valence-electron chi connectivity index (χ3n) is 4.79. The molecule has 2 aromatic carbocycles. The van der Waals surface area contributed by atoms with Crippen LogP contribution in [0.25, 0.3) is 0 Å². The van der Waals surface area contributed by atoms with Crippen molar-refractivity contribution in [2.24, 2.45) is 0 Å². The molecular formula is C24H35N3O. The maximum atomic E-state index is 13.1. The van der Waals surface area contributed by atoms with Crippen molar-refractivity contribution in [2.45, 2.75) is 58.2 Å². The fourth-order valence-corrected chi connectivity index (χ4v) is 3.33. The number of amides is 1. The Morgan fingerprint density at radius 3 is 1.93 bits per heavy atom. The van der Waals surface area contributed by atoms with Crippen molar-refractivity contribution in [3.05, 3.63) is 71.8 Å². The van der Waals surface area contributed by atoms with Crippen molar-refractivity contribution in [2.75, 3.05) is 13.1 Å². The van der Waals surface area contributed by atoms with Crippen molar-refractivity contribution in [3.63, 3.8) is 0 Å². The first-order valence-electron chi connectivity index (χ1n) is 10.5. The average Bonchev–Trinajstić information content (AvgIpc) is 2.72. The van der Waals surface area contributed by atoms with E-state index in [1.54, 1.807) is 0 Å². The van der Waals surface area contributed by atoms with Crippen LogP contribution in [0.2, 0.25) is 0 Å². The minimum absolute atomic E-state index is 0.0661. The summed E-state index contributed by atoms with van der Waals surface area (Å²) in [5.41, 5.74) is 2.19. The van der Waals surface area contributed by atoms with Crippen LogP contribution in [-0.2, 0) is 4.79 Å². The molecule has 28 heavy (non-hydrogen) atoms. The number of likely N-dealkylation sites (N-methyl/N-ethyl adjacent to an activating group) is 1. The Morgan fingerprint density at radius 2 is 1.43 bits per heavy atom. The Bertz CT molecular complexity index is 633. The Labute approximate surface area is 170 Å². The van der Waals surface area contributed by atoms with E-state index in [0.29, 0.717) is 6.04 Å². The van der Waals surface area contributed by atoms with Gasteiger partial charge in [-0.3, -0.25) is 4.79 Å². The predicted molar refractivity (Wildman–Crippen MR) is 117 cm³/mol.